The molecule has 0 spiro atoms. The van der Waals surface area contributed by atoms with Gasteiger partial charge in [-0.2, -0.15) is 0 Å². The number of carbonyl (C=O) groups excluding carboxylic acids is 1. The Hall–Kier alpha value is -0.730. The van der Waals surface area contributed by atoms with Gasteiger partial charge in [0, 0.05) is 30.5 Å². The minimum atomic E-state index is 0.188. The third-order valence-electron chi connectivity index (χ3n) is 3.22. The number of nitrogens with zero attached hydrogens (tertiary/aromatic N) is 1. The molecule has 2 rings (SSSR count). The molecule has 1 saturated heterocycles. The molecular weight excluding hydrogens is 257 g/mol. The van der Waals surface area contributed by atoms with Gasteiger partial charge in [-0.05, 0) is 31.5 Å². The summed E-state index contributed by atoms with van der Waals surface area (Å²) in [7, 11) is 0. The molecule has 1 fully saturated rings. The van der Waals surface area contributed by atoms with Gasteiger partial charge in [-0.25, -0.2) is 0 Å². The molecule has 1 heterocycles. The first kappa shape index (κ1) is 12.7. The molecule has 0 aliphatic carbocycles. The van der Waals surface area contributed by atoms with Gasteiger partial charge in [0.25, 0.3) is 0 Å². The number of benzene rings is 1. The van der Waals surface area contributed by atoms with Crippen molar-refractivity contribution in [2.24, 2.45) is 0 Å². The van der Waals surface area contributed by atoms with Gasteiger partial charge < -0.3 is 4.90 Å². The Labute approximate surface area is 112 Å². The molecule has 4 heteroatoms. The van der Waals surface area contributed by atoms with Gasteiger partial charge in [0.2, 0.25) is 0 Å². The van der Waals surface area contributed by atoms with Crippen molar-refractivity contribution >= 4 is 34.7 Å². The maximum atomic E-state index is 11.4. The number of anilines is 1. The molecule has 2 nitrogen and oxygen atoms in total. The summed E-state index contributed by atoms with van der Waals surface area (Å²) in [6.07, 6.45) is 1.17. The van der Waals surface area contributed by atoms with Crippen LogP contribution in [0.5, 0.6) is 0 Å². The van der Waals surface area contributed by atoms with Crippen LogP contribution in [0.4, 0.5) is 5.69 Å². The summed E-state index contributed by atoms with van der Waals surface area (Å²) in [4.78, 5) is 13.5. The molecule has 1 aromatic rings. The van der Waals surface area contributed by atoms with E-state index in [-0.39, 0.29) is 6.04 Å². The van der Waals surface area contributed by atoms with Gasteiger partial charge >= 0.3 is 0 Å². The number of Topliss-reactive ketones (excluding diaryl/α,β-unsaturated/α-hetero) is 1. The van der Waals surface area contributed by atoms with Crippen LogP contribution in [0.1, 0.15) is 25.3 Å². The molecule has 0 radical (unpaired) electrons. The average molecular weight is 272 g/mol. The van der Waals surface area contributed by atoms with Crippen LogP contribution in [0.2, 0.25) is 10.0 Å². The molecular formula is C13H15Cl2NO. The number of hydrogen-bond donors (Lipinski definition) is 0. The predicted octanol–water partition coefficient (Wildman–Crippen LogP) is 3.86. The van der Waals surface area contributed by atoms with Crippen LogP contribution in [0.25, 0.3) is 0 Å². The van der Waals surface area contributed by atoms with Gasteiger partial charge in [-0.15, -0.1) is 0 Å². The zero-order valence-corrected chi connectivity index (χ0v) is 11.5. The van der Waals surface area contributed by atoms with Crippen LogP contribution in [-0.4, -0.2) is 18.4 Å². The fourth-order valence-electron chi connectivity index (χ4n) is 2.22. The van der Waals surface area contributed by atoms with E-state index in [1.54, 1.807) is 0 Å². The van der Waals surface area contributed by atoms with Gasteiger partial charge in [-0.1, -0.05) is 23.2 Å². The third-order valence-corrected chi connectivity index (χ3v) is 3.93. The summed E-state index contributed by atoms with van der Waals surface area (Å²) in [5, 5.41) is 1.42. The van der Waals surface area contributed by atoms with Crippen molar-refractivity contribution < 1.29 is 4.79 Å². The molecule has 1 aliphatic heterocycles. The number of piperidine rings is 1. The largest absolute Gasteiger partial charge is 0.367 e. The molecule has 1 atom stereocenters. The van der Waals surface area contributed by atoms with E-state index in [1.807, 2.05) is 26.0 Å². The Morgan fingerprint density at radius 1 is 1.29 bits per heavy atom. The lowest BCUT2D eigenvalue weighted by Crippen LogP contribution is -2.41. The first-order valence-electron chi connectivity index (χ1n) is 5.73. The minimum absolute atomic E-state index is 0.188. The van der Waals surface area contributed by atoms with Gasteiger partial charge in [0.05, 0.1) is 10.7 Å². The second-order valence-electron chi connectivity index (χ2n) is 4.59. The summed E-state index contributed by atoms with van der Waals surface area (Å²) in [5.74, 6) is 0.322. The minimum Gasteiger partial charge on any atom is -0.367 e. The van der Waals surface area contributed by atoms with Crippen molar-refractivity contribution in [3.63, 3.8) is 0 Å². The molecule has 17 heavy (non-hydrogen) atoms. The molecule has 0 aromatic heterocycles. The number of hydrogen-bond acceptors (Lipinski definition) is 2. The van der Waals surface area contributed by atoms with Crippen molar-refractivity contribution in [1.82, 2.24) is 0 Å². The average Bonchev–Trinajstić information content (AvgIpc) is 2.24. The Balaban J connectivity index is 2.34. The lowest BCUT2D eigenvalue weighted by atomic mass is 10.0. The Morgan fingerprint density at radius 3 is 2.65 bits per heavy atom. The third kappa shape index (κ3) is 2.58. The lowest BCUT2D eigenvalue weighted by molar-refractivity contribution is -0.120. The van der Waals surface area contributed by atoms with Crippen LogP contribution in [-0.2, 0) is 4.79 Å². The van der Waals surface area contributed by atoms with E-state index in [0.717, 1.165) is 17.8 Å². The standard InChI is InChI=1S/C13H15Cl2NO/c1-8-5-12(15)13(7-11(8)14)16-4-3-10(17)6-9(16)2/h5,7,9H,3-4,6H2,1-2H3. The maximum Gasteiger partial charge on any atom is 0.136 e. The second-order valence-corrected chi connectivity index (χ2v) is 5.40. The van der Waals surface area contributed by atoms with Crippen LogP contribution in [0.15, 0.2) is 12.1 Å². The summed E-state index contributed by atoms with van der Waals surface area (Å²) in [6.45, 7) is 4.70. The lowest BCUT2D eigenvalue weighted by Gasteiger charge is -2.35. The molecule has 0 amide bonds. The summed E-state index contributed by atoms with van der Waals surface area (Å²) in [6, 6.07) is 3.96. The molecule has 0 N–H and O–H groups in total. The highest BCUT2D eigenvalue weighted by Crippen LogP contribution is 2.34. The highest BCUT2D eigenvalue weighted by molar-refractivity contribution is 6.35. The molecule has 92 valence electrons. The van der Waals surface area contributed by atoms with Gasteiger partial charge in [0.15, 0.2) is 0 Å². The van der Waals surface area contributed by atoms with E-state index in [2.05, 4.69) is 4.90 Å². The topological polar surface area (TPSA) is 20.3 Å². The number of halogens is 2. The van der Waals surface area contributed by atoms with E-state index >= 15 is 0 Å². The number of aryl methyl sites for hydroxylation is 1. The SMILES string of the molecule is Cc1cc(Cl)c(N2CCC(=O)CC2C)cc1Cl. The van der Waals surface area contributed by atoms with Crippen molar-refractivity contribution in [3.8, 4) is 0 Å². The van der Waals surface area contributed by atoms with E-state index in [9.17, 15) is 4.79 Å². The fourth-order valence-corrected chi connectivity index (χ4v) is 2.71. The molecule has 1 aliphatic rings. The molecule has 0 saturated carbocycles. The number of carbonyl (C=O) groups is 1. The normalized spacial score (nSPS) is 20.8. The second kappa shape index (κ2) is 4.87. The number of ketones is 1. The summed E-state index contributed by atoms with van der Waals surface area (Å²) < 4.78 is 0. The van der Waals surface area contributed by atoms with E-state index < -0.39 is 0 Å². The van der Waals surface area contributed by atoms with Crippen LogP contribution >= 0.6 is 23.2 Å². The fraction of sp³-hybridized carbons (Fsp3) is 0.462. The van der Waals surface area contributed by atoms with E-state index in [4.69, 9.17) is 23.2 Å². The highest BCUT2D eigenvalue weighted by atomic mass is 35.5. The quantitative estimate of drug-likeness (QED) is 0.773. The summed E-state index contributed by atoms with van der Waals surface area (Å²) >= 11 is 12.4. The van der Waals surface area contributed by atoms with Gasteiger partial charge in [0.1, 0.15) is 5.78 Å². The summed E-state index contributed by atoms with van der Waals surface area (Å²) in [5.41, 5.74) is 1.91. The maximum absolute atomic E-state index is 11.4. The Kier molecular flexibility index (Phi) is 3.64. The molecule has 1 unspecified atom stereocenters. The van der Waals surface area contributed by atoms with E-state index in [0.29, 0.717) is 28.7 Å². The van der Waals surface area contributed by atoms with Crippen molar-refractivity contribution in [3.05, 3.63) is 27.7 Å². The van der Waals surface area contributed by atoms with Crippen molar-refractivity contribution in [2.75, 3.05) is 11.4 Å². The molecule has 1 aromatic carbocycles. The number of rotatable bonds is 1. The zero-order chi connectivity index (χ0) is 12.6. The van der Waals surface area contributed by atoms with Crippen molar-refractivity contribution in [1.29, 1.82) is 0 Å². The van der Waals surface area contributed by atoms with E-state index in [1.165, 1.54) is 0 Å². The van der Waals surface area contributed by atoms with Crippen LogP contribution in [0, 0.1) is 6.92 Å². The van der Waals surface area contributed by atoms with Crippen LogP contribution < -0.4 is 4.90 Å². The van der Waals surface area contributed by atoms with Crippen molar-refractivity contribution in [2.45, 2.75) is 32.7 Å². The predicted molar refractivity (Wildman–Crippen MR) is 72.2 cm³/mol. The van der Waals surface area contributed by atoms with Gasteiger partial charge in [-0.3, -0.25) is 4.79 Å². The Bertz CT molecular complexity index is 459. The molecule has 0 bridgehead atoms. The smallest absolute Gasteiger partial charge is 0.136 e. The first-order chi connectivity index (χ1) is 7.99. The highest BCUT2D eigenvalue weighted by Gasteiger charge is 2.25. The Morgan fingerprint density at radius 2 is 2.00 bits per heavy atom. The van der Waals surface area contributed by atoms with Crippen LogP contribution in [0.3, 0.4) is 0 Å². The zero-order valence-electron chi connectivity index (χ0n) is 9.96. The first-order valence-corrected chi connectivity index (χ1v) is 6.48. The monoisotopic (exact) mass is 271 g/mol.